The molecule has 1 unspecified atom stereocenters. The van der Waals surface area contributed by atoms with Crippen LogP contribution in [0.2, 0.25) is 0 Å². The number of nitrogens with zero attached hydrogens (tertiary/aromatic N) is 3. The Bertz CT molecular complexity index is 1640. The number of fused-ring (bicyclic) bond motifs is 2. The Morgan fingerprint density at radius 2 is 2.13 bits per heavy atom. The van der Waals surface area contributed by atoms with Crippen LogP contribution in [0.1, 0.15) is 5.69 Å². The van der Waals surface area contributed by atoms with E-state index < -0.39 is 34.9 Å². The molecule has 5 rings (SSSR count). The topological polar surface area (TPSA) is 175 Å². The summed E-state index contributed by atoms with van der Waals surface area (Å²) in [5.74, 6) is -2.46. The summed E-state index contributed by atoms with van der Waals surface area (Å²) in [5.41, 5.74) is 5.35. The van der Waals surface area contributed by atoms with Crippen molar-refractivity contribution in [2.45, 2.75) is 15.6 Å². The lowest BCUT2D eigenvalue weighted by molar-refractivity contribution is -0.150. The number of hydrogen-bond acceptors (Lipinski definition) is 13. The summed E-state index contributed by atoms with van der Waals surface area (Å²) in [6, 6.07) is 0.863. The molecule has 1 fully saturated rings. The number of anilines is 1. The number of thiazole rings is 1. The Kier molecular flexibility index (Phi) is 7.65. The Balaban J connectivity index is 1.33. The van der Waals surface area contributed by atoms with Gasteiger partial charge in [0.05, 0.1) is 18.1 Å². The number of aliphatic carboxylic acids is 1. The van der Waals surface area contributed by atoms with Crippen molar-refractivity contribution >= 4 is 111 Å². The molecule has 2 aliphatic rings. The number of oxime groups is 1. The highest BCUT2D eigenvalue weighted by atomic mass is 79.9. The minimum Gasteiger partial charge on any atom is -0.477 e. The van der Waals surface area contributed by atoms with Gasteiger partial charge in [-0.05, 0) is 44.4 Å². The van der Waals surface area contributed by atoms with Crippen molar-refractivity contribution in [3.8, 4) is 0 Å². The summed E-state index contributed by atoms with van der Waals surface area (Å²) >= 11 is 9.79. The van der Waals surface area contributed by atoms with Crippen molar-refractivity contribution in [3.05, 3.63) is 60.0 Å². The number of nitrogens with one attached hydrogen (secondary N) is 1. The summed E-state index contributed by atoms with van der Waals surface area (Å²) < 4.78 is 2.71. The molecule has 0 spiro atoms. The lowest BCUT2D eigenvalue weighted by Crippen LogP contribution is -2.71. The van der Waals surface area contributed by atoms with E-state index in [-0.39, 0.29) is 27.7 Å². The number of aromatic nitrogens is 1. The van der Waals surface area contributed by atoms with E-state index in [1.54, 1.807) is 11.5 Å². The second-order valence-corrected chi connectivity index (χ2v) is 13.6. The van der Waals surface area contributed by atoms with Gasteiger partial charge in [0.1, 0.15) is 22.8 Å². The van der Waals surface area contributed by atoms with Gasteiger partial charge < -0.3 is 21.4 Å². The quantitative estimate of drug-likeness (QED) is 0.0958. The minimum absolute atomic E-state index is 0.0540. The number of thiophene rings is 1. The van der Waals surface area contributed by atoms with Crippen LogP contribution < -0.4 is 16.5 Å². The number of allylic oxidation sites excluding steroid dienone is 1. The van der Waals surface area contributed by atoms with Crippen molar-refractivity contribution in [1.82, 2.24) is 15.2 Å². The van der Waals surface area contributed by atoms with Gasteiger partial charge in [0.2, 0.25) is 5.43 Å². The lowest BCUT2D eigenvalue weighted by atomic mass is 10.0. The summed E-state index contributed by atoms with van der Waals surface area (Å²) in [7, 11) is 0. The van der Waals surface area contributed by atoms with Crippen LogP contribution in [0.15, 0.2) is 58.2 Å². The van der Waals surface area contributed by atoms with Crippen LogP contribution in [-0.2, 0) is 14.4 Å². The Labute approximate surface area is 242 Å². The van der Waals surface area contributed by atoms with Crippen molar-refractivity contribution < 1.29 is 24.7 Å². The van der Waals surface area contributed by atoms with Crippen molar-refractivity contribution in [3.63, 3.8) is 0 Å². The van der Waals surface area contributed by atoms with Crippen molar-refractivity contribution in [2.24, 2.45) is 5.16 Å². The maximum absolute atomic E-state index is 12.9. The van der Waals surface area contributed by atoms with Crippen LogP contribution in [0.25, 0.3) is 9.40 Å². The molecular formula is C21H14BrN5O6S5. The molecule has 11 nitrogen and oxygen atoms in total. The molecule has 0 radical (unpaired) electrons. The van der Waals surface area contributed by atoms with Crippen LogP contribution in [-0.4, -0.2) is 60.9 Å². The molecule has 0 aliphatic carbocycles. The molecule has 1 saturated heterocycles. The summed E-state index contributed by atoms with van der Waals surface area (Å²) in [6.07, 6.45) is 1.61. The number of nitrogen functional groups attached to an aromatic ring is 1. The van der Waals surface area contributed by atoms with Gasteiger partial charge >= 0.3 is 5.97 Å². The van der Waals surface area contributed by atoms with Gasteiger partial charge in [-0.15, -0.1) is 45.8 Å². The number of halogens is 1. The highest BCUT2D eigenvalue weighted by Gasteiger charge is 2.54. The number of carboxylic acid groups (broad SMARTS) is 1. The number of carbonyl (C=O) groups is 3. The molecule has 3 aromatic rings. The largest absolute Gasteiger partial charge is 0.477 e. The third-order valence-corrected chi connectivity index (χ3v) is 11.9. The van der Waals surface area contributed by atoms with E-state index in [2.05, 4.69) is 31.4 Å². The predicted molar refractivity (Wildman–Crippen MR) is 153 cm³/mol. The van der Waals surface area contributed by atoms with Crippen LogP contribution in [0.5, 0.6) is 0 Å². The molecule has 2 aliphatic heterocycles. The molecule has 17 heteroatoms. The summed E-state index contributed by atoms with van der Waals surface area (Å²) in [5, 5.41) is 29.1. The predicted octanol–water partition coefficient (Wildman–Crippen LogP) is 3.35. The van der Waals surface area contributed by atoms with E-state index in [1.807, 2.05) is 11.4 Å². The number of carbonyl (C=O) groups excluding carboxylic acids is 2. The third kappa shape index (κ3) is 4.77. The van der Waals surface area contributed by atoms with Gasteiger partial charge in [0.25, 0.3) is 11.8 Å². The first-order valence-electron chi connectivity index (χ1n) is 10.4. The monoisotopic (exact) mass is 671 g/mol. The molecular weight excluding hydrogens is 658 g/mol. The summed E-state index contributed by atoms with van der Waals surface area (Å²) in [4.78, 5) is 55.2. The fraction of sp³-hybridized carbons (Fsp3) is 0.143. The van der Waals surface area contributed by atoms with Crippen molar-refractivity contribution in [2.75, 3.05) is 11.5 Å². The van der Waals surface area contributed by atoms with Crippen LogP contribution in [0.3, 0.4) is 0 Å². The van der Waals surface area contributed by atoms with E-state index in [0.717, 1.165) is 25.1 Å². The molecule has 0 aromatic carbocycles. The number of β-lactam (4-membered cyclic amide) rings is 1. The Morgan fingerprint density at radius 1 is 1.34 bits per heavy atom. The standard InChI is InChI=1S/C21H14BrN5O6S5/c22-10-14(28)15-9(2-4-34-15)38-20(10)35-3-1-7-5-36-18-12(17(30)27(18)13(7)19(31)32)25-16(29)11(26-33)8-6-37-21(23)24-8/h1-4,6,12,18,33H,5H2,(H2,23,24)(H,25,29)(H,31,32)/t12?,18-/m0/s1. The zero-order valence-electron chi connectivity index (χ0n) is 18.6. The van der Waals surface area contributed by atoms with Gasteiger partial charge in [-0.3, -0.25) is 19.3 Å². The van der Waals surface area contributed by atoms with Crippen molar-refractivity contribution in [1.29, 1.82) is 0 Å². The van der Waals surface area contributed by atoms with E-state index in [0.29, 0.717) is 14.7 Å². The third-order valence-electron chi connectivity index (χ3n) is 5.43. The smallest absolute Gasteiger partial charge is 0.352 e. The van der Waals surface area contributed by atoms with Gasteiger partial charge in [-0.2, -0.15) is 0 Å². The zero-order chi connectivity index (χ0) is 27.1. The molecule has 2 amide bonds. The lowest BCUT2D eigenvalue weighted by Gasteiger charge is -2.49. The summed E-state index contributed by atoms with van der Waals surface area (Å²) in [6.45, 7) is 0. The fourth-order valence-electron chi connectivity index (χ4n) is 3.72. The SMILES string of the molecule is Nc1nc(C(=NO)C(=O)NC2C(=O)N3C(C(=O)O)=C(C=CSc4sc5ccsc5c(=O)c4Br)CS[C@@H]23)cs1. The number of carboxylic acids is 1. The molecule has 3 aromatic heterocycles. The number of thioether (sulfide) groups is 2. The normalized spacial score (nSPS) is 19.7. The second kappa shape index (κ2) is 10.8. The second-order valence-electron chi connectivity index (χ2n) is 7.63. The highest BCUT2D eigenvalue weighted by molar-refractivity contribution is 9.10. The average molecular weight is 673 g/mol. The van der Waals surface area contributed by atoms with Crippen LogP contribution in [0.4, 0.5) is 5.13 Å². The van der Waals surface area contributed by atoms with Crippen LogP contribution in [0, 0.1) is 0 Å². The molecule has 5 heterocycles. The minimum atomic E-state index is -1.28. The maximum Gasteiger partial charge on any atom is 0.352 e. The first-order chi connectivity index (χ1) is 18.2. The van der Waals surface area contributed by atoms with Gasteiger partial charge in [-0.25, -0.2) is 9.78 Å². The fourth-order valence-corrected chi connectivity index (χ4v) is 9.42. The average Bonchev–Trinajstić information content (AvgIpc) is 3.54. The van der Waals surface area contributed by atoms with Crippen LogP contribution >= 0.6 is 73.5 Å². The van der Waals surface area contributed by atoms with Gasteiger partial charge in [-0.1, -0.05) is 16.9 Å². The molecule has 196 valence electrons. The first kappa shape index (κ1) is 26.9. The number of hydrogen-bond donors (Lipinski definition) is 4. The Morgan fingerprint density at radius 3 is 2.82 bits per heavy atom. The molecule has 0 bridgehead atoms. The zero-order valence-corrected chi connectivity index (χ0v) is 24.3. The van der Waals surface area contributed by atoms with E-state index in [9.17, 15) is 29.5 Å². The number of nitrogens with two attached hydrogens (primary N) is 1. The van der Waals surface area contributed by atoms with E-state index >= 15 is 0 Å². The number of rotatable bonds is 7. The maximum atomic E-state index is 12.9. The van der Waals surface area contributed by atoms with E-state index in [4.69, 9.17) is 5.73 Å². The van der Waals surface area contributed by atoms with E-state index in [1.165, 1.54) is 51.6 Å². The first-order valence-corrected chi connectivity index (χ1v) is 15.7. The highest BCUT2D eigenvalue weighted by Crippen LogP contribution is 2.41. The molecule has 2 atom stereocenters. The molecule has 38 heavy (non-hydrogen) atoms. The van der Waals surface area contributed by atoms with Gasteiger partial charge in [0.15, 0.2) is 10.8 Å². The number of amides is 2. The van der Waals surface area contributed by atoms with Gasteiger partial charge in [0, 0.05) is 11.1 Å². The molecule has 0 saturated carbocycles. The Hall–Kier alpha value is -2.70. The molecule has 5 N–H and O–H groups in total.